The number of benzene rings is 2. The maximum Gasteiger partial charge on any atom is 0.407 e. The van der Waals surface area contributed by atoms with E-state index < -0.39 is 6.10 Å². The zero-order chi connectivity index (χ0) is 26.3. The molecule has 3 N–H and O–H groups in total. The van der Waals surface area contributed by atoms with Crippen LogP contribution in [0.2, 0.25) is 0 Å². The van der Waals surface area contributed by atoms with E-state index in [2.05, 4.69) is 15.5 Å². The minimum atomic E-state index is -0.661. The Balaban J connectivity index is 1.09. The normalized spacial score (nSPS) is 18.7. The topological polar surface area (TPSA) is 109 Å². The molecule has 204 valence electrons. The van der Waals surface area contributed by atoms with Crippen molar-refractivity contribution in [1.82, 2.24) is 10.2 Å². The monoisotopic (exact) mass is 523 g/mol. The van der Waals surface area contributed by atoms with Crippen LogP contribution < -0.4 is 20.1 Å². The molecule has 2 aliphatic heterocycles. The van der Waals surface area contributed by atoms with Gasteiger partial charge in [-0.25, -0.2) is 4.79 Å². The summed E-state index contributed by atoms with van der Waals surface area (Å²) in [6.07, 6.45) is 3.92. The highest BCUT2D eigenvalue weighted by Crippen LogP contribution is 2.39. The highest BCUT2D eigenvalue weighted by Gasteiger charge is 2.27. The van der Waals surface area contributed by atoms with Gasteiger partial charge in [-0.15, -0.1) is 0 Å². The van der Waals surface area contributed by atoms with Crippen LogP contribution in [0.25, 0.3) is 0 Å². The van der Waals surface area contributed by atoms with E-state index in [1.807, 2.05) is 42.5 Å². The largest absolute Gasteiger partial charge is 0.490 e. The first kappa shape index (κ1) is 26.3. The molecule has 0 radical (unpaired) electrons. The van der Waals surface area contributed by atoms with Crippen LogP contribution >= 0.6 is 0 Å². The van der Waals surface area contributed by atoms with Crippen molar-refractivity contribution in [2.24, 2.45) is 5.92 Å². The van der Waals surface area contributed by atoms with Crippen molar-refractivity contribution in [1.29, 1.82) is 0 Å². The molecular weight excluding hydrogens is 486 g/mol. The maximum absolute atomic E-state index is 12.1. The zero-order valence-corrected chi connectivity index (χ0v) is 21.7. The third-order valence-electron chi connectivity index (χ3n) is 7.29. The molecule has 1 atom stereocenters. The number of aliphatic hydroxyl groups excluding tert-OH is 1. The molecule has 2 heterocycles. The maximum atomic E-state index is 12.1. The molecule has 0 spiro atoms. The fraction of sp³-hybridized carbons (Fsp3) is 0.517. The van der Waals surface area contributed by atoms with E-state index >= 15 is 0 Å². The lowest BCUT2D eigenvalue weighted by Gasteiger charge is -2.33. The number of likely N-dealkylation sites (tertiary alicyclic amines) is 1. The molecule has 0 bridgehead atoms. The summed E-state index contributed by atoms with van der Waals surface area (Å²) in [5.41, 5.74) is 2.58. The lowest BCUT2D eigenvalue weighted by Crippen LogP contribution is -2.47. The summed E-state index contributed by atoms with van der Waals surface area (Å²) >= 11 is 0. The van der Waals surface area contributed by atoms with Crippen LogP contribution in [0.4, 0.5) is 10.5 Å². The molecule has 2 aromatic rings. The van der Waals surface area contributed by atoms with E-state index in [0.29, 0.717) is 55.7 Å². The third-order valence-corrected chi connectivity index (χ3v) is 7.29. The van der Waals surface area contributed by atoms with E-state index in [4.69, 9.17) is 14.2 Å². The number of carbonyl (C=O) groups is 2. The molecule has 2 fully saturated rings. The minimum Gasteiger partial charge on any atom is -0.490 e. The van der Waals surface area contributed by atoms with Crippen molar-refractivity contribution in [2.45, 2.75) is 57.3 Å². The predicted octanol–water partition coefficient (Wildman–Crippen LogP) is 3.49. The van der Waals surface area contributed by atoms with Crippen LogP contribution in [0.5, 0.6) is 11.5 Å². The van der Waals surface area contributed by atoms with Gasteiger partial charge in [-0.05, 0) is 55.7 Å². The van der Waals surface area contributed by atoms with Crippen LogP contribution in [-0.4, -0.2) is 67.0 Å². The number of anilines is 1. The van der Waals surface area contributed by atoms with Crippen molar-refractivity contribution < 1.29 is 28.9 Å². The first-order valence-corrected chi connectivity index (χ1v) is 13.6. The number of fused-ring (bicyclic) bond motifs is 1. The van der Waals surface area contributed by atoms with Gasteiger partial charge >= 0.3 is 6.09 Å². The molecule has 9 nitrogen and oxygen atoms in total. The van der Waals surface area contributed by atoms with Gasteiger partial charge in [0.15, 0.2) is 0 Å². The molecule has 2 amide bonds. The number of β-amino-alcohol motifs (C(OH)–C–C–N with tert-alkyl or cyclic N) is 1. The molecule has 1 unspecified atom stereocenters. The van der Waals surface area contributed by atoms with Crippen LogP contribution in [-0.2, 0) is 22.6 Å². The summed E-state index contributed by atoms with van der Waals surface area (Å²) in [6, 6.07) is 13.6. The lowest BCUT2D eigenvalue weighted by atomic mass is 10.0. The Labute approximate surface area is 223 Å². The third kappa shape index (κ3) is 7.39. The highest BCUT2D eigenvalue weighted by molar-refractivity contribution is 5.96. The van der Waals surface area contributed by atoms with Gasteiger partial charge in [-0.2, -0.15) is 0 Å². The Morgan fingerprint density at radius 3 is 2.55 bits per heavy atom. The van der Waals surface area contributed by atoms with Crippen LogP contribution in [0.1, 0.15) is 43.2 Å². The van der Waals surface area contributed by atoms with E-state index in [9.17, 15) is 14.7 Å². The van der Waals surface area contributed by atoms with E-state index in [-0.39, 0.29) is 24.6 Å². The summed E-state index contributed by atoms with van der Waals surface area (Å²) in [4.78, 5) is 26.2. The number of hydrogen-bond donors (Lipinski definition) is 3. The number of amides is 2. The van der Waals surface area contributed by atoms with Gasteiger partial charge in [-0.1, -0.05) is 30.3 Å². The summed E-state index contributed by atoms with van der Waals surface area (Å²) in [5, 5.41) is 16.6. The van der Waals surface area contributed by atoms with Crippen molar-refractivity contribution in [3.8, 4) is 11.5 Å². The number of aliphatic hydroxyl groups is 1. The lowest BCUT2D eigenvalue weighted by molar-refractivity contribution is -0.116. The van der Waals surface area contributed by atoms with Gasteiger partial charge in [0.1, 0.15) is 30.8 Å². The summed E-state index contributed by atoms with van der Waals surface area (Å²) in [7, 11) is 0. The number of hydrogen-bond acceptors (Lipinski definition) is 7. The van der Waals surface area contributed by atoms with Gasteiger partial charge < -0.3 is 34.9 Å². The summed E-state index contributed by atoms with van der Waals surface area (Å²) in [5.74, 6) is 1.77. The standard InChI is InChI=1S/C29H37N3O6/c33-23(16-32-14-12-22(13-15-32)30-29(35)38-18-21-6-7-21)19-37-25-9-10-26(28-24(25)8-11-27(34)31-28)36-17-20-4-2-1-3-5-20/h1-5,9-10,21-23,33H,6-8,11-19H2,(H,30,35)(H,31,34). The number of rotatable bonds is 11. The fourth-order valence-corrected chi connectivity index (χ4v) is 4.91. The number of piperidine rings is 1. The molecule has 2 aromatic carbocycles. The summed E-state index contributed by atoms with van der Waals surface area (Å²) < 4.78 is 17.3. The first-order valence-electron chi connectivity index (χ1n) is 13.6. The van der Waals surface area contributed by atoms with Crippen molar-refractivity contribution in [2.75, 3.05) is 38.2 Å². The van der Waals surface area contributed by atoms with Crippen molar-refractivity contribution >= 4 is 17.7 Å². The Morgan fingerprint density at radius 1 is 1.03 bits per heavy atom. The van der Waals surface area contributed by atoms with Gasteiger partial charge in [0, 0.05) is 37.7 Å². The Kier molecular flexibility index (Phi) is 8.65. The van der Waals surface area contributed by atoms with E-state index in [1.54, 1.807) is 0 Å². The van der Waals surface area contributed by atoms with Gasteiger partial charge in [0.25, 0.3) is 0 Å². The fourth-order valence-electron chi connectivity index (χ4n) is 4.91. The molecule has 0 aromatic heterocycles. The van der Waals surface area contributed by atoms with E-state index in [1.165, 1.54) is 0 Å². The Hall–Kier alpha value is -3.30. The zero-order valence-electron chi connectivity index (χ0n) is 21.7. The molecule has 38 heavy (non-hydrogen) atoms. The highest BCUT2D eigenvalue weighted by atomic mass is 16.5. The van der Waals surface area contributed by atoms with Gasteiger partial charge in [0.05, 0.1) is 12.3 Å². The molecule has 5 rings (SSSR count). The van der Waals surface area contributed by atoms with Gasteiger partial charge in [-0.3, -0.25) is 4.79 Å². The SMILES string of the molecule is O=C1CCc2c(OCC(O)CN3CCC(NC(=O)OCC4CC4)CC3)ccc(OCc3ccccc3)c2N1. The van der Waals surface area contributed by atoms with Crippen molar-refractivity contribution in [3.05, 3.63) is 53.6 Å². The van der Waals surface area contributed by atoms with Gasteiger partial charge in [0.2, 0.25) is 5.91 Å². The average Bonchev–Trinajstić information content (AvgIpc) is 3.76. The Bertz CT molecular complexity index is 1100. The number of nitrogens with zero attached hydrogens (tertiary/aromatic N) is 1. The Morgan fingerprint density at radius 2 is 1.79 bits per heavy atom. The average molecular weight is 524 g/mol. The molecule has 1 aliphatic carbocycles. The molecular formula is C29H37N3O6. The molecule has 1 saturated carbocycles. The van der Waals surface area contributed by atoms with E-state index in [0.717, 1.165) is 49.9 Å². The molecule has 1 saturated heterocycles. The quantitative estimate of drug-likeness (QED) is 0.414. The predicted molar refractivity (Wildman–Crippen MR) is 142 cm³/mol. The van der Waals surface area contributed by atoms with Crippen LogP contribution in [0.3, 0.4) is 0 Å². The van der Waals surface area contributed by atoms with Crippen LogP contribution in [0.15, 0.2) is 42.5 Å². The van der Waals surface area contributed by atoms with Crippen LogP contribution in [0, 0.1) is 5.92 Å². The number of carbonyl (C=O) groups excluding carboxylic acids is 2. The number of ether oxygens (including phenoxy) is 3. The first-order chi connectivity index (χ1) is 18.5. The molecule has 9 heteroatoms. The number of nitrogens with one attached hydrogen (secondary N) is 2. The second kappa shape index (κ2) is 12.5. The second-order valence-corrected chi connectivity index (χ2v) is 10.5. The van der Waals surface area contributed by atoms with Crippen molar-refractivity contribution in [3.63, 3.8) is 0 Å². The second-order valence-electron chi connectivity index (χ2n) is 10.5. The minimum absolute atomic E-state index is 0.0479. The summed E-state index contributed by atoms with van der Waals surface area (Å²) in [6.45, 7) is 3.15. The smallest absolute Gasteiger partial charge is 0.407 e. The number of alkyl carbamates (subject to hydrolysis) is 1. The molecule has 3 aliphatic rings.